The van der Waals surface area contributed by atoms with Crippen LogP contribution < -0.4 is 5.43 Å². The van der Waals surface area contributed by atoms with Crippen molar-refractivity contribution in [1.82, 2.24) is 0 Å². The number of aliphatic hydroxyl groups is 1. The van der Waals surface area contributed by atoms with E-state index in [0.29, 0.717) is 0 Å². The summed E-state index contributed by atoms with van der Waals surface area (Å²) in [6, 6.07) is 5.15. The van der Waals surface area contributed by atoms with Crippen LogP contribution in [0.25, 0.3) is 11.0 Å². The molecule has 1 N–H and O–H groups in total. The summed E-state index contributed by atoms with van der Waals surface area (Å²) in [5.41, 5.74) is -0.697. The molecule has 1 aromatic heterocycles. The molecule has 90 valence electrons. The Morgan fingerprint density at radius 2 is 2.28 bits per heavy atom. The monoisotopic (exact) mass is 245 g/mol. The lowest BCUT2D eigenvalue weighted by molar-refractivity contribution is 0.217. The van der Waals surface area contributed by atoms with E-state index in [-0.39, 0.29) is 22.1 Å². The highest BCUT2D eigenvalue weighted by Gasteiger charge is 2.18. The molecule has 0 saturated heterocycles. The summed E-state index contributed by atoms with van der Waals surface area (Å²) in [5.74, 6) is -0.583. The smallest absolute Gasteiger partial charge is 0.198 e. The molecule has 0 fully saturated rings. The first kappa shape index (κ1) is 12.0. The van der Waals surface area contributed by atoms with Crippen LogP contribution in [0, 0.1) is 17.1 Å². The third kappa shape index (κ3) is 1.90. The minimum absolute atomic E-state index is 0.0114. The fourth-order valence-electron chi connectivity index (χ4n) is 1.56. The first-order chi connectivity index (χ1) is 8.54. The van der Waals surface area contributed by atoms with Gasteiger partial charge in [0, 0.05) is 0 Å². The van der Waals surface area contributed by atoms with Crippen LogP contribution in [0.4, 0.5) is 4.39 Å². The van der Waals surface area contributed by atoms with Crippen molar-refractivity contribution in [3.8, 4) is 6.07 Å². The lowest BCUT2D eigenvalue weighted by atomic mass is 10.0. The molecule has 0 bridgehead atoms. The highest BCUT2D eigenvalue weighted by molar-refractivity contribution is 5.77. The number of aliphatic hydroxyl groups excluding tert-OH is 1. The van der Waals surface area contributed by atoms with E-state index in [2.05, 4.69) is 6.58 Å². The second-order valence-electron chi connectivity index (χ2n) is 3.70. The average Bonchev–Trinajstić information content (AvgIpc) is 2.38. The summed E-state index contributed by atoms with van der Waals surface area (Å²) in [5, 5.41) is 18.3. The van der Waals surface area contributed by atoms with Gasteiger partial charge in [0.1, 0.15) is 23.8 Å². The third-order valence-electron chi connectivity index (χ3n) is 2.53. The zero-order valence-corrected chi connectivity index (χ0v) is 9.18. The first-order valence-electron chi connectivity index (χ1n) is 5.02. The Morgan fingerprint density at radius 1 is 1.56 bits per heavy atom. The third-order valence-corrected chi connectivity index (χ3v) is 2.53. The van der Waals surface area contributed by atoms with Crippen molar-refractivity contribution in [1.29, 1.82) is 5.26 Å². The van der Waals surface area contributed by atoms with Crippen molar-refractivity contribution in [2.45, 2.75) is 6.10 Å². The van der Waals surface area contributed by atoms with Crippen molar-refractivity contribution in [2.75, 3.05) is 0 Å². The number of fused-ring (bicyclic) bond motifs is 1. The number of hydrogen-bond acceptors (Lipinski definition) is 4. The molecule has 0 radical (unpaired) electrons. The Hall–Kier alpha value is -2.45. The van der Waals surface area contributed by atoms with E-state index in [9.17, 15) is 14.3 Å². The van der Waals surface area contributed by atoms with Gasteiger partial charge in [0.15, 0.2) is 5.43 Å². The second kappa shape index (κ2) is 4.43. The SMILES string of the molecule is C=C(C#N)C(O)c1coc2ccc(F)cc2c1=O. The average molecular weight is 245 g/mol. The molecule has 0 amide bonds. The van der Waals surface area contributed by atoms with E-state index in [0.717, 1.165) is 18.4 Å². The van der Waals surface area contributed by atoms with Gasteiger partial charge in [0.2, 0.25) is 0 Å². The Kier molecular flexibility index (Phi) is 2.96. The summed E-state index contributed by atoms with van der Waals surface area (Å²) in [6.07, 6.45) is -0.394. The molecule has 0 aliphatic rings. The summed E-state index contributed by atoms with van der Waals surface area (Å²) in [4.78, 5) is 12.0. The molecule has 1 atom stereocenters. The van der Waals surface area contributed by atoms with Crippen LogP contribution in [0.5, 0.6) is 0 Å². The highest BCUT2D eigenvalue weighted by atomic mass is 19.1. The van der Waals surface area contributed by atoms with Gasteiger partial charge < -0.3 is 9.52 Å². The molecule has 1 unspecified atom stereocenters. The normalized spacial score (nSPS) is 12.1. The van der Waals surface area contributed by atoms with Crippen LogP contribution in [0.3, 0.4) is 0 Å². The summed E-state index contributed by atoms with van der Waals surface area (Å²) >= 11 is 0. The quantitative estimate of drug-likeness (QED) is 0.821. The highest BCUT2D eigenvalue weighted by Crippen LogP contribution is 2.20. The standard InChI is InChI=1S/C13H8FNO3/c1-7(5-15)12(16)10-6-18-11-3-2-8(14)4-9(11)13(10)17/h2-4,6,12,16H,1H2. The Bertz CT molecular complexity index is 727. The molecule has 0 spiro atoms. The van der Waals surface area contributed by atoms with Gasteiger partial charge in [-0.1, -0.05) is 6.58 Å². The lowest BCUT2D eigenvalue weighted by Gasteiger charge is -2.07. The fourth-order valence-corrected chi connectivity index (χ4v) is 1.56. The van der Waals surface area contributed by atoms with Crippen molar-refractivity contribution in [2.24, 2.45) is 0 Å². The van der Waals surface area contributed by atoms with Crippen LogP contribution in [0.2, 0.25) is 0 Å². The maximum absolute atomic E-state index is 13.1. The first-order valence-corrected chi connectivity index (χ1v) is 5.02. The molecule has 2 rings (SSSR count). The van der Waals surface area contributed by atoms with E-state index in [1.165, 1.54) is 6.07 Å². The van der Waals surface area contributed by atoms with Crippen LogP contribution in [-0.4, -0.2) is 5.11 Å². The largest absolute Gasteiger partial charge is 0.464 e. The molecule has 1 heterocycles. The minimum Gasteiger partial charge on any atom is -0.464 e. The number of benzene rings is 1. The predicted octanol–water partition coefficient (Wildman–Crippen LogP) is 2.05. The number of nitriles is 1. The second-order valence-corrected chi connectivity index (χ2v) is 3.70. The zero-order valence-electron chi connectivity index (χ0n) is 9.18. The molecule has 18 heavy (non-hydrogen) atoms. The topological polar surface area (TPSA) is 74.2 Å². The Balaban J connectivity index is 2.69. The zero-order chi connectivity index (χ0) is 13.3. The van der Waals surface area contributed by atoms with Gasteiger partial charge in [-0.3, -0.25) is 4.79 Å². The number of nitrogens with zero attached hydrogens (tertiary/aromatic N) is 1. The van der Waals surface area contributed by atoms with Crippen LogP contribution in [0.1, 0.15) is 11.7 Å². The molecule has 0 saturated carbocycles. The summed E-state index contributed by atoms with van der Waals surface area (Å²) in [6.45, 7) is 3.32. The van der Waals surface area contributed by atoms with Gasteiger partial charge in [-0.15, -0.1) is 0 Å². The number of rotatable bonds is 2. The summed E-state index contributed by atoms with van der Waals surface area (Å²) < 4.78 is 18.2. The Labute approximate surface area is 101 Å². The van der Waals surface area contributed by atoms with Crippen molar-refractivity contribution in [3.05, 3.63) is 58.2 Å². The van der Waals surface area contributed by atoms with E-state index < -0.39 is 17.3 Å². The van der Waals surface area contributed by atoms with E-state index in [1.54, 1.807) is 6.07 Å². The Morgan fingerprint density at radius 3 is 2.94 bits per heavy atom. The molecule has 0 aliphatic heterocycles. The molecule has 1 aromatic carbocycles. The van der Waals surface area contributed by atoms with Gasteiger partial charge >= 0.3 is 0 Å². The van der Waals surface area contributed by atoms with E-state index >= 15 is 0 Å². The van der Waals surface area contributed by atoms with Crippen LogP contribution in [0.15, 0.2) is 45.8 Å². The molecule has 4 nitrogen and oxygen atoms in total. The van der Waals surface area contributed by atoms with Gasteiger partial charge in [-0.2, -0.15) is 5.26 Å². The van der Waals surface area contributed by atoms with Gasteiger partial charge in [-0.25, -0.2) is 4.39 Å². The fraction of sp³-hybridized carbons (Fsp3) is 0.0769. The van der Waals surface area contributed by atoms with Crippen molar-refractivity contribution in [3.63, 3.8) is 0 Å². The van der Waals surface area contributed by atoms with E-state index in [4.69, 9.17) is 9.68 Å². The van der Waals surface area contributed by atoms with Gasteiger partial charge in [-0.05, 0) is 18.2 Å². The lowest BCUT2D eigenvalue weighted by Crippen LogP contribution is -2.14. The molecular formula is C13H8FNO3. The van der Waals surface area contributed by atoms with Crippen molar-refractivity contribution < 1.29 is 13.9 Å². The number of hydrogen-bond donors (Lipinski definition) is 1. The molecule has 0 aliphatic carbocycles. The molecule has 5 heteroatoms. The maximum atomic E-state index is 13.1. The van der Waals surface area contributed by atoms with E-state index in [1.807, 2.05) is 0 Å². The van der Waals surface area contributed by atoms with Crippen molar-refractivity contribution >= 4 is 11.0 Å². The maximum Gasteiger partial charge on any atom is 0.198 e. The van der Waals surface area contributed by atoms with Gasteiger partial charge in [0.25, 0.3) is 0 Å². The summed E-state index contributed by atoms with van der Waals surface area (Å²) in [7, 11) is 0. The minimum atomic E-state index is -1.45. The molecule has 2 aromatic rings. The number of halogens is 1. The predicted molar refractivity (Wildman–Crippen MR) is 62.2 cm³/mol. The molecular weight excluding hydrogens is 237 g/mol. The van der Waals surface area contributed by atoms with Gasteiger partial charge in [0.05, 0.1) is 22.6 Å². The van der Waals surface area contributed by atoms with Crippen LogP contribution in [-0.2, 0) is 0 Å². The van der Waals surface area contributed by atoms with Crippen LogP contribution >= 0.6 is 0 Å².